The number of amides is 1. The van der Waals surface area contributed by atoms with Crippen LogP contribution >= 0.6 is 0 Å². The number of hydrogen-bond donors (Lipinski definition) is 2. The van der Waals surface area contributed by atoms with Gasteiger partial charge in [-0.3, -0.25) is 4.79 Å². The first-order valence-corrected chi connectivity index (χ1v) is 7.19. The van der Waals surface area contributed by atoms with Crippen LogP contribution in [0, 0.1) is 5.82 Å². The average molecular weight is 315 g/mol. The number of benzene rings is 2. The van der Waals surface area contributed by atoms with Gasteiger partial charge in [0, 0.05) is 11.3 Å². The van der Waals surface area contributed by atoms with Crippen LogP contribution in [0.3, 0.4) is 0 Å². The summed E-state index contributed by atoms with van der Waals surface area (Å²) in [5, 5.41) is 6.42. The molecule has 1 amide bonds. The molecule has 0 radical (unpaired) electrons. The Kier molecular flexibility index (Phi) is 5.68. The molecule has 0 aliphatic heterocycles. The molecule has 2 aromatic carbocycles. The summed E-state index contributed by atoms with van der Waals surface area (Å²) in [5.41, 5.74) is 8.00. The van der Waals surface area contributed by atoms with Crippen LogP contribution in [0.25, 0.3) is 0 Å². The van der Waals surface area contributed by atoms with Crippen molar-refractivity contribution in [1.82, 2.24) is 0 Å². The van der Waals surface area contributed by atoms with Gasteiger partial charge >= 0.3 is 0 Å². The molecule has 0 aliphatic carbocycles. The van der Waals surface area contributed by atoms with E-state index in [0.717, 1.165) is 17.7 Å². The number of nitrogens with zero attached hydrogens (tertiary/aromatic N) is 1. The van der Waals surface area contributed by atoms with Crippen molar-refractivity contribution in [3.05, 3.63) is 65.5 Å². The van der Waals surface area contributed by atoms with E-state index in [9.17, 15) is 9.18 Å². The lowest BCUT2D eigenvalue weighted by atomic mass is 10.1. The molecule has 0 fully saturated rings. The van der Waals surface area contributed by atoms with Gasteiger partial charge in [0.1, 0.15) is 5.82 Å². The molecule has 23 heavy (non-hydrogen) atoms. The second-order valence-electron chi connectivity index (χ2n) is 4.82. The van der Waals surface area contributed by atoms with E-state index in [1.807, 2.05) is 31.2 Å². The third-order valence-corrected chi connectivity index (χ3v) is 3.17. The summed E-state index contributed by atoms with van der Waals surface area (Å²) in [6.45, 7) is 1.75. The van der Waals surface area contributed by atoms with Crippen molar-refractivity contribution in [2.45, 2.75) is 13.3 Å². The third-order valence-electron chi connectivity index (χ3n) is 3.17. The molecule has 6 heteroatoms. The maximum absolute atomic E-state index is 12.8. The van der Waals surface area contributed by atoms with Crippen molar-refractivity contribution < 1.29 is 14.0 Å². The Bertz CT molecular complexity index is 699. The number of carbonyl (C=O) groups excluding carboxylic acids is 1. The molecule has 5 nitrogen and oxygen atoms in total. The van der Waals surface area contributed by atoms with Gasteiger partial charge in [-0.05, 0) is 42.3 Å². The fourth-order valence-corrected chi connectivity index (χ4v) is 1.97. The lowest BCUT2D eigenvalue weighted by Gasteiger charge is -2.09. The monoisotopic (exact) mass is 315 g/mol. The molecule has 0 saturated carbocycles. The number of carbonyl (C=O) groups is 1. The SMILES string of the molecule is CCc1ccccc1NC(=O)CO/N=C(/N)c1ccc(F)cc1. The van der Waals surface area contributed by atoms with Crippen LogP contribution in [0.5, 0.6) is 0 Å². The van der Waals surface area contributed by atoms with Crippen molar-refractivity contribution in [2.75, 3.05) is 11.9 Å². The fraction of sp³-hybridized carbons (Fsp3) is 0.176. The molecule has 0 bridgehead atoms. The molecular weight excluding hydrogens is 297 g/mol. The number of nitrogens with one attached hydrogen (secondary N) is 1. The number of anilines is 1. The summed E-state index contributed by atoms with van der Waals surface area (Å²) < 4.78 is 12.8. The van der Waals surface area contributed by atoms with Crippen LogP contribution in [-0.2, 0) is 16.1 Å². The number of hydrogen-bond acceptors (Lipinski definition) is 3. The Hall–Kier alpha value is -2.89. The largest absolute Gasteiger partial charge is 0.384 e. The molecule has 0 saturated heterocycles. The van der Waals surface area contributed by atoms with Crippen LogP contribution in [0.4, 0.5) is 10.1 Å². The van der Waals surface area contributed by atoms with Crippen molar-refractivity contribution >= 4 is 17.4 Å². The molecule has 2 rings (SSSR count). The summed E-state index contributed by atoms with van der Waals surface area (Å²) in [5.74, 6) is -0.621. The molecule has 0 aromatic heterocycles. The highest BCUT2D eigenvalue weighted by molar-refractivity contribution is 5.97. The van der Waals surface area contributed by atoms with Crippen molar-refractivity contribution in [2.24, 2.45) is 10.9 Å². The maximum Gasteiger partial charge on any atom is 0.265 e. The van der Waals surface area contributed by atoms with Gasteiger partial charge < -0.3 is 15.9 Å². The van der Waals surface area contributed by atoms with E-state index in [1.165, 1.54) is 24.3 Å². The van der Waals surface area contributed by atoms with Crippen LogP contribution in [0.1, 0.15) is 18.1 Å². The van der Waals surface area contributed by atoms with Crippen LogP contribution in [0.2, 0.25) is 0 Å². The number of halogens is 1. The van der Waals surface area contributed by atoms with Gasteiger partial charge in [-0.15, -0.1) is 0 Å². The highest BCUT2D eigenvalue weighted by Gasteiger charge is 2.06. The Morgan fingerprint density at radius 2 is 1.91 bits per heavy atom. The molecule has 120 valence electrons. The fourth-order valence-electron chi connectivity index (χ4n) is 1.97. The van der Waals surface area contributed by atoms with E-state index in [4.69, 9.17) is 10.6 Å². The van der Waals surface area contributed by atoms with E-state index in [0.29, 0.717) is 5.56 Å². The van der Waals surface area contributed by atoms with Gasteiger partial charge in [-0.2, -0.15) is 0 Å². The Labute approximate surface area is 133 Å². The summed E-state index contributed by atoms with van der Waals surface area (Å²) in [6.07, 6.45) is 0.812. The van der Waals surface area contributed by atoms with Gasteiger partial charge in [0.2, 0.25) is 0 Å². The van der Waals surface area contributed by atoms with E-state index < -0.39 is 0 Å². The summed E-state index contributed by atoms with van der Waals surface area (Å²) in [6, 6.07) is 13.0. The number of aryl methyl sites for hydroxylation is 1. The van der Waals surface area contributed by atoms with Crippen LogP contribution in [0.15, 0.2) is 53.7 Å². The second kappa shape index (κ2) is 7.93. The topological polar surface area (TPSA) is 76.7 Å². The number of oxime groups is 1. The van der Waals surface area contributed by atoms with Gasteiger partial charge in [0.25, 0.3) is 5.91 Å². The maximum atomic E-state index is 12.8. The van der Waals surface area contributed by atoms with Crippen molar-refractivity contribution in [3.63, 3.8) is 0 Å². The first-order valence-electron chi connectivity index (χ1n) is 7.19. The van der Waals surface area contributed by atoms with Gasteiger partial charge in [-0.1, -0.05) is 30.3 Å². The van der Waals surface area contributed by atoms with E-state index in [2.05, 4.69) is 10.5 Å². The van der Waals surface area contributed by atoms with Gasteiger partial charge in [0.15, 0.2) is 12.4 Å². The molecule has 2 aromatic rings. The molecule has 0 spiro atoms. The molecule has 3 N–H and O–H groups in total. The molecule has 0 atom stereocenters. The zero-order valence-electron chi connectivity index (χ0n) is 12.8. The highest BCUT2D eigenvalue weighted by Crippen LogP contribution is 2.15. The predicted molar refractivity (Wildman–Crippen MR) is 87.5 cm³/mol. The average Bonchev–Trinajstić information content (AvgIpc) is 2.56. The van der Waals surface area contributed by atoms with Gasteiger partial charge in [-0.25, -0.2) is 4.39 Å². The Morgan fingerprint density at radius 3 is 2.61 bits per heavy atom. The zero-order chi connectivity index (χ0) is 16.7. The molecule has 0 aliphatic rings. The molecule has 0 unspecified atom stereocenters. The van der Waals surface area contributed by atoms with E-state index in [1.54, 1.807) is 0 Å². The Morgan fingerprint density at radius 1 is 1.22 bits per heavy atom. The molecular formula is C17H18FN3O2. The van der Waals surface area contributed by atoms with Crippen molar-refractivity contribution in [3.8, 4) is 0 Å². The summed E-state index contributed by atoms with van der Waals surface area (Å²) in [7, 11) is 0. The van der Waals surface area contributed by atoms with Crippen LogP contribution < -0.4 is 11.1 Å². The third kappa shape index (κ3) is 4.81. The predicted octanol–water partition coefficient (Wildman–Crippen LogP) is 2.66. The number of rotatable bonds is 6. The van der Waals surface area contributed by atoms with E-state index in [-0.39, 0.29) is 24.2 Å². The minimum atomic E-state index is -0.364. The minimum Gasteiger partial charge on any atom is -0.384 e. The second-order valence-corrected chi connectivity index (χ2v) is 4.82. The number of amidine groups is 1. The van der Waals surface area contributed by atoms with Gasteiger partial charge in [0.05, 0.1) is 0 Å². The standard InChI is InChI=1S/C17H18FN3O2/c1-2-12-5-3-4-6-15(12)20-16(22)11-23-21-17(19)13-7-9-14(18)10-8-13/h3-10H,2,11H2,1H3,(H2,19,21)(H,20,22). The van der Waals surface area contributed by atoms with Crippen molar-refractivity contribution in [1.29, 1.82) is 0 Å². The summed E-state index contributed by atoms with van der Waals surface area (Å²) in [4.78, 5) is 16.8. The van der Waals surface area contributed by atoms with E-state index >= 15 is 0 Å². The highest BCUT2D eigenvalue weighted by atomic mass is 19.1. The van der Waals surface area contributed by atoms with Crippen LogP contribution in [-0.4, -0.2) is 18.3 Å². The molecule has 0 heterocycles. The lowest BCUT2D eigenvalue weighted by molar-refractivity contribution is -0.120. The first kappa shape index (κ1) is 16.5. The number of nitrogens with two attached hydrogens (primary N) is 1. The first-order chi connectivity index (χ1) is 11.1. The quantitative estimate of drug-likeness (QED) is 0.489. The smallest absolute Gasteiger partial charge is 0.265 e. The minimum absolute atomic E-state index is 0.0757. The summed E-state index contributed by atoms with van der Waals surface area (Å²) >= 11 is 0. The Balaban J connectivity index is 1.89. The lowest BCUT2D eigenvalue weighted by Crippen LogP contribution is -2.20. The normalized spacial score (nSPS) is 11.1. The zero-order valence-corrected chi connectivity index (χ0v) is 12.8. The number of para-hydroxylation sites is 1.